The van der Waals surface area contributed by atoms with Crippen molar-refractivity contribution in [3.05, 3.63) is 41.2 Å². The molecule has 0 unspecified atom stereocenters. The number of oxime groups is 1. The van der Waals surface area contributed by atoms with E-state index in [-0.39, 0.29) is 55.6 Å². The van der Waals surface area contributed by atoms with E-state index in [1.165, 1.54) is 24.3 Å². The van der Waals surface area contributed by atoms with Crippen molar-refractivity contribution in [2.45, 2.75) is 18.2 Å². The van der Waals surface area contributed by atoms with Crippen molar-refractivity contribution in [2.75, 3.05) is 38.2 Å². The SMILES string of the molecule is CCN(CCO)S(=O)(=O)c1ccc(/C(=N\OCCCO)C(=O)Nc2ncc(F)s2)cc1.[HH]. The Balaban J connectivity index is 0.00000512. The standard InChI is InChI=1S/C18H23FN4O6S2.H2/c1-2-23(8-10-25)31(27,28)14-6-4-13(5-7-14)16(22-29-11-3-9-24)17(26)21-18-20-12-15(19)30-18;/h4-7,12,24-25H,2-3,8-11H2,1H3,(H,20,21,26);1H/b22-16+;. The van der Waals surface area contributed by atoms with E-state index in [0.717, 1.165) is 10.5 Å². The number of likely N-dealkylation sites (N-methyl/N-ethyl adjacent to an activating group) is 1. The van der Waals surface area contributed by atoms with E-state index in [1.807, 2.05) is 0 Å². The van der Waals surface area contributed by atoms with Gasteiger partial charge in [-0.1, -0.05) is 35.5 Å². The summed E-state index contributed by atoms with van der Waals surface area (Å²) in [5.74, 6) is -0.732. The second-order valence-corrected chi connectivity index (χ2v) is 8.94. The van der Waals surface area contributed by atoms with Gasteiger partial charge in [0.2, 0.25) is 10.0 Å². The Morgan fingerprint density at radius 3 is 2.58 bits per heavy atom. The van der Waals surface area contributed by atoms with E-state index < -0.39 is 21.1 Å². The van der Waals surface area contributed by atoms with Crippen LogP contribution in [0, 0.1) is 5.13 Å². The smallest absolute Gasteiger partial charge is 0.280 e. The molecule has 1 amide bonds. The largest absolute Gasteiger partial charge is 0.396 e. The van der Waals surface area contributed by atoms with Crippen molar-refractivity contribution in [3.8, 4) is 0 Å². The molecule has 31 heavy (non-hydrogen) atoms. The molecule has 0 radical (unpaired) electrons. The number of anilines is 1. The lowest BCUT2D eigenvalue weighted by Crippen LogP contribution is -2.33. The lowest BCUT2D eigenvalue weighted by atomic mass is 10.1. The highest BCUT2D eigenvalue weighted by atomic mass is 32.2. The summed E-state index contributed by atoms with van der Waals surface area (Å²) in [6.07, 6.45) is 1.26. The van der Waals surface area contributed by atoms with Gasteiger partial charge in [-0.15, -0.1) is 0 Å². The molecule has 2 rings (SSSR count). The van der Waals surface area contributed by atoms with Gasteiger partial charge in [-0.2, -0.15) is 8.70 Å². The molecule has 172 valence electrons. The summed E-state index contributed by atoms with van der Waals surface area (Å²) in [6, 6.07) is 5.39. The van der Waals surface area contributed by atoms with E-state index in [2.05, 4.69) is 15.5 Å². The second kappa shape index (κ2) is 11.8. The fourth-order valence-electron chi connectivity index (χ4n) is 2.43. The zero-order valence-electron chi connectivity index (χ0n) is 16.7. The van der Waals surface area contributed by atoms with Crippen LogP contribution in [0.1, 0.15) is 20.3 Å². The third-order valence-corrected chi connectivity index (χ3v) is 6.62. The van der Waals surface area contributed by atoms with Gasteiger partial charge in [-0.25, -0.2) is 13.4 Å². The zero-order valence-corrected chi connectivity index (χ0v) is 18.3. The molecule has 1 aromatic heterocycles. The van der Waals surface area contributed by atoms with E-state index in [1.54, 1.807) is 6.92 Å². The first-order chi connectivity index (χ1) is 14.8. The van der Waals surface area contributed by atoms with Crippen molar-refractivity contribution in [1.82, 2.24) is 9.29 Å². The van der Waals surface area contributed by atoms with E-state index >= 15 is 0 Å². The summed E-state index contributed by atoms with van der Waals surface area (Å²) < 4.78 is 39.6. The van der Waals surface area contributed by atoms with Gasteiger partial charge in [0.25, 0.3) is 5.91 Å². The quantitative estimate of drug-likeness (QED) is 0.238. The third kappa shape index (κ3) is 6.77. The van der Waals surface area contributed by atoms with Crippen LogP contribution in [0.2, 0.25) is 0 Å². The highest BCUT2D eigenvalue weighted by molar-refractivity contribution is 7.89. The number of nitrogens with zero attached hydrogens (tertiary/aromatic N) is 3. The molecule has 1 heterocycles. The van der Waals surface area contributed by atoms with Crippen molar-refractivity contribution in [3.63, 3.8) is 0 Å². The monoisotopic (exact) mass is 476 g/mol. The first-order valence-corrected chi connectivity index (χ1v) is 11.5. The number of halogens is 1. The van der Waals surface area contributed by atoms with Crippen LogP contribution in [-0.2, 0) is 19.7 Å². The molecule has 0 fully saturated rings. The van der Waals surface area contributed by atoms with Crippen LogP contribution >= 0.6 is 11.3 Å². The Morgan fingerprint density at radius 1 is 1.32 bits per heavy atom. The Morgan fingerprint density at radius 2 is 2.03 bits per heavy atom. The minimum Gasteiger partial charge on any atom is -0.396 e. The Kier molecular flexibility index (Phi) is 9.45. The number of hydrogen-bond donors (Lipinski definition) is 3. The number of nitrogens with one attached hydrogen (secondary N) is 1. The predicted octanol–water partition coefficient (Wildman–Crippen LogP) is 1.27. The van der Waals surface area contributed by atoms with Gasteiger partial charge in [-0.05, 0) is 12.1 Å². The highest BCUT2D eigenvalue weighted by Gasteiger charge is 2.24. The Labute approximate surface area is 184 Å². The third-order valence-electron chi connectivity index (χ3n) is 3.93. The molecule has 0 saturated heterocycles. The molecule has 0 atom stereocenters. The first kappa shape index (κ1) is 24.8. The molecule has 0 aliphatic rings. The number of carbonyl (C=O) groups excluding carboxylic acids is 1. The van der Waals surface area contributed by atoms with Crippen LogP contribution in [0.3, 0.4) is 0 Å². The fourth-order valence-corrected chi connectivity index (χ4v) is 4.41. The van der Waals surface area contributed by atoms with E-state index in [0.29, 0.717) is 17.8 Å². The van der Waals surface area contributed by atoms with E-state index in [4.69, 9.17) is 15.1 Å². The summed E-state index contributed by atoms with van der Waals surface area (Å²) in [4.78, 5) is 21.4. The predicted molar refractivity (Wildman–Crippen MR) is 115 cm³/mol. The lowest BCUT2D eigenvalue weighted by molar-refractivity contribution is -0.110. The molecule has 1 aromatic carbocycles. The van der Waals surface area contributed by atoms with Crippen LogP contribution in [0.4, 0.5) is 9.52 Å². The maximum absolute atomic E-state index is 13.1. The Bertz CT molecular complexity index is 1000. The summed E-state index contributed by atoms with van der Waals surface area (Å²) in [5.41, 5.74) is 0.0721. The number of aromatic nitrogens is 1. The molecule has 0 spiro atoms. The van der Waals surface area contributed by atoms with Crippen LogP contribution in [0.15, 0.2) is 40.5 Å². The summed E-state index contributed by atoms with van der Waals surface area (Å²) in [5, 5.41) is 23.6. The average molecular weight is 477 g/mol. The normalized spacial score (nSPS) is 12.2. The molecule has 13 heteroatoms. The van der Waals surface area contributed by atoms with Crippen LogP contribution in [0.25, 0.3) is 0 Å². The molecule has 3 N–H and O–H groups in total. The van der Waals surface area contributed by atoms with Gasteiger partial charge in [-0.3, -0.25) is 10.1 Å². The van der Waals surface area contributed by atoms with Crippen molar-refractivity contribution >= 4 is 38.1 Å². The van der Waals surface area contributed by atoms with Crippen molar-refractivity contribution < 1.29 is 34.1 Å². The van der Waals surface area contributed by atoms with Crippen molar-refractivity contribution in [2.24, 2.45) is 5.16 Å². The average Bonchev–Trinajstić information content (AvgIpc) is 3.16. The molecular weight excluding hydrogens is 451 g/mol. The fraction of sp³-hybridized carbons (Fsp3) is 0.389. The number of amides is 1. The van der Waals surface area contributed by atoms with E-state index in [9.17, 15) is 17.6 Å². The second-order valence-electron chi connectivity index (χ2n) is 6.02. The number of hydrogen-bond acceptors (Lipinski definition) is 9. The van der Waals surface area contributed by atoms with Crippen LogP contribution in [-0.4, -0.2) is 72.4 Å². The number of thiazole rings is 1. The first-order valence-electron chi connectivity index (χ1n) is 9.28. The molecular formula is C18H25FN4O6S2. The zero-order chi connectivity index (χ0) is 22.9. The summed E-state index contributed by atoms with van der Waals surface area (Å²) in [7, 11) is -3.82. The number of sulfonamides is 1. The molecule has 0 aliphatic carbocycles. The molecule has 0 saturated carbocycles. The minimum atomic E-state index is -3.82. The number of aliphatic hydroxyl groups is 2. The van der Waals surface area contributed by atoms with Gasteiger partial charge < -0.3 is 15.1 Å². The summed E-state index contributed by atoms with van der Waals surface area (Å²) in [6.45, 7) is 1.41. The maximum atomic E-state index is 13.1. The maximum Gasteiger partial charge on any atom is 0.280 e. The Hall–Kier alpha value is -2.45. The lowest BCUT2D eigenvalue weighted by Gasteiger charge is -2.19. The minimum absolute atomic E-state index is 0. The molecule has 0 bridgehead atoms. The molecule has 0 aliphatic heterocycles. The van der Waals surface area contributed by atoms with Gasteiger partial charge in [0.1, 0.15) is 6.61 Å². The highest BCUT2D eigenvalue weighted by Crippen LogP contribution is 2.19. The van der Waals surface area contributed by atoms with Crippen molar-refractivity contribution in [1.29, 1.82) is 0 Å². The summed E-state index contributed by atoms with van der Waals surface area (Å²) >= 11 is 0.633. The molecule has 10 nitrogen and oxygen atoms in total. The van der Waals surface area contributed by atoms with Gasteiger partial charge in [0, 0.05) is 33.1 Å². The van der Waals surface area contributed by atoms with Crippen LogP contribution in [0.5, 0.6) is 0 Å². The van der Waals surface area contributed by atoms with Gasteiger partial charge in [0.15, 0.2) is 16.0 Å². The number of benzene rings is 1. The van der Waals surface area contributed by atoms with Gasteiger partial charge >= 0.3 is 0 Å². The molecule has 2 aromatic rings. The number of carbonyl (C=O) groups is 1. The number of aliphatic hydroxyl groups excluding tert-OH is 2. The van der Waals surface area contributed by atoms with Gasteiger partial charge in [0.05, 0.1) is 17.7 Å². The number of rotatable bonds is 12. The topological polar surface area (TPSA) is 141 Å². The van der Waals surface area contributed by atoms with Crippen LogP contribution < -0.4 is 5.32 Å².